The third-order valence-corrected chi connectivity index (χ3v) is 1.16. The number of carboxylic acid groups (broad SMARTS) is 1. The summed E-state index contributed by atoms with van der Waals surface area (Å²) < 4.78 is 29.0. The molecular weight excluding hydrogens is 178 g/mol. The van der Waals surface area contributed by atoms with Gasteiger partial charge in [-0.2, -0.15) is 13.1 Å². The van der Waals surface area contributed by atoms with Crippen molar-refractivity contribution < 1.29 is 27.7 Å². The molecule has 0 aliphatic rings. The van der Waals surface area contributed by atoms with Crippen LogP contribution in [0.1, 0.15) is 0 Å². The van der Waals surface area contributed by atoms with Gasteiger partial charge in [-0.3, -0.25) is 9.35 Å². The van der Waals surface area contributed by atoms with E-state index in [4.69, 9.17) is 9.66 Å². The maximum atomic E-state index is 10.2. The van der Waals surface area contributed by atoms with E-state index in [1.807, 2.05) is 0 Å². The van der Waals surface area contributed by atoms with Crippen LogP contribution in [0.5, 0.6) is 0 Å². The highest BCUT2D eigenvalue weighted by atomic mass is 32.2. The SMILES string of the molecule is O=C(O)C(=O)CNS(=O)(=O)O. The number of carboxylic acids is 1. The second kappa shape index (κ2) is 3.42. The molecule has 11 heavy (non-hydrogen) atoms. The second-order valence-corrected chi connectivity index (χ2v) is 2.76. The van der Waals surface area contributed by atoms with Crippen LogP contribution < -0.4 is 4.72 Å². The van der Waals surface area contributed by atoms with Crippen molar-refractivity contribution in [2.75, 3.05) is 6.54 Å². The first-order valence-corrected chi connectivity index (χ1v) is 3.75. The molecule has 3 N–H and O–H groups in total. The Morgan fingerprint density at radius 1 is 1.36 bits per heavy atom. The third kappa shape index (κ3) is 5.45. The quantitative estimate of drug-likeness (QED) is 0.343. The van der Waals surface area contributed by atoms with Crippen LogP contribution in [0.3, 0.4) is 0 Å². The molecule has 0 bridgehead atoms. The zero-order valence-corrected chi connectivity index (χ0v) is 5.96. The number of carbonyl (C=O) groups excluding carboxylic acids is 1. The number of hydrogen-bond acceptors (Lipinski definition) is 4. The topological polar surface area (TPSA) is 121 Å². The maximum absolute atomic E-state index is 10.2. The lowest BCUT2D eigenvalue weighted by atomic mass is 10.4. The van der Waals surface area contributed by atoms with Gasteiger partial charge in [0.05, 0.1) is 6.54 Å². The third-order valence-electron chi connectivity index (χ3n) is 0.654. The predicted molar refractivity (Wildman–Crippen MR) is 32.2 cm³/mol. The van der Waals surface area contributed by atoms with Crippen LogP contribution in [0, 0.1) is 0 Å². The number of ketones is 1. The standard InChI is InChI=1S/C3H5NO6S/c5-2(3(6)7)1-4-11(8,9)10/h4H,1H2,(H,6,7)(H,8,9,10). The summed E-state index contributed by atoms with van der Waals surface area (Å²) in [4.78, 5) is 19.9. The Bertz CT molecular complexity index is 266. The van der Waals surface area contributed by atoms with Gasteiger partial charge in [-0.15, -0.1) is 0 Å². The van der Waals surface area contributed by atoms with Crippen molar-refractivity contribution in [3.8, 4) is 0 Å². The molecule has 0 heterocycles. The van der Waals surface area contributed by atoms with Gasteiger partial charge in [0.15, 0.2) is 0 Å². The first-order valence-electron chi connectivity index (χ1n) is 2.31. The fourth-order valence-corrected chi connectivity index (χ4v) is 0.546. The number of hydrogen-bond donors (Lipinski definition) is 3. The zero-order valence-electron chi connectivity index (χ0n) is 5.14. The van der Waals surface area contributed by atoms with Crippen molar-refractivity contribution in [1.82, 2.24) is 4.72 Å². The van der Waals surface area contributed by atoms with Gasteiger partial charge in [0.25, 0.3) is 5.78 Å². The van der Waals surface area contributed by atoms with Gasteiger partial charge in [-0.1, -0.05) is 0 Å². The van der Waals surface area contributed by atoms with E-state index in [1.54, 1.807) is 0 Å². The molecule has 0 unspecified atom stereocenters. The van der Waals surface area contributed by atoms with Crippen LogP contribution in [-0.2, 0) is 19.9 Å². The molecule has 64 valence electrons. The Kier molecular flexibility index (Phi) is 3.11. The molecular formula is C3H5NO6S. The second-order valence-electron chi connectivity index (χ2n) is 1.52. The minimum atomic E-state index is -4.49. The molecule has 0 saturated carbocycles. The van der Waals surface area contributed by atoms with Crippen LogP contribution in [-0.4, -0.2) is 36.4 Å². The van der Waals surface area contributed by atoms with E-state index in [0.29, 0.717) is 0 Å². The summed E-state index contributed by atoms with van der Waals surface area (Å²) in [6.07, 6.45) is 0. The van der Waals surface area contributed by atoms with Crippen LogP contribution in [0.25, 0.3) is 0 Å². The van der Waals surface area contributed by atoms with Gasteiger partial charge < -0.3 is 5.11 Å². The van der Waals surface area contributed by atoms with E-state index in [-0.39, 0.29) is 0 Å². The predicted octanol–water partition coefficient (Wildman–Crippen LogP) is -1.97. The highest BCUT2D eigenvalue weighted by molar-refractivity contribution is 7.83. The molecule has 0 rings (SSSR count). The Morgan fingerprint density at radius 3 is 2.09 bits per heavy atom. The first-order chi connectivity index (χ1) is 4.83. The largest absolute Gasteiger partial charge is 0.475 e. The van der Waals surface area contributed by atoms with Crippen LogP contribution in [0.15, 0.2) is 0 Å². The first kappa shape index (κ1) is 10.0. The minimum Gasteiger partial charge on any atom is -0.475 e. The molecule has 0 aliphatic heterocycles. The molecule has 0 fully saturated rings. The van der Waals surface area contributed by atoms with Crippen molar-refractivity contribution in [3.05, 3.63) is 0 Å². The number of Topliss-reactive ketones (excluding diaryl/α,β-unsaturated/α-hetero) is 1. The number of nitrogens with one attached hydrogen (secondary N) is 1. The van der Waals surface area contributed by atoms with E-state index in [1.165, 1.54) is 4.72 Å². The smallest absolute Gasteiger partial charge is 0.373 e. The Labute approximate surface area is 61.9 Å². The van der Waals surface area contributed by atoms with Gasteiger partial charge in [-0.25, -0.2) is 4.79 Å². The summed E-state index contributed by atoms with van der Waals surface area (Å²) in [7, 11) is -4.49. The molecule has 0 atom stereocenters. The average molecular weight is 183 g/mol. The minimum absolute atomic E-state index is 0.950. The van der Waals surface area contributed by atoms with Gasteiger partial charge in [0.2, 0.25) is 0 Å². The van der Waals surface area contributed by atoms with Gasteiger partial charge in [0.1, 0.15) is 0 Å². The van der Waals surface area contributed by atoms with Crippen LogP contribution in [0.2, 0.25) is 0 Å². The number of rotatable bonds is 4. The summed E-state index contributed by atoms with van der Waals surface area (Å²) in [5, 5.41) is 7.91. The molecule has 8 heteroatoms. The maximum Gasteiger partial charge on any atom is 0.373 e. The molecule has 0 amide bonds. The van der Waals surface area contributed by atoms with E-state index in [0.717, 1.165) is 0 Å². The van der Waals surface area contributed by atoms with Crippen LogP contribution >= 0.6 is 0 Å². The van der Waals surface area contributed by atoms with Crippen molar-refractivity contribution in [2.24, 2.45) is 0 Å². The molecule has 7 nitrogen and oxygen atoms in total. The summed E-state index contributed by atoms with van der Waals surface area (Å²) in [5.41, 5.74) is 0. The highest BCUT2D eigenvalue weighted by Crippen LogP contribution is 1.74. The number of carbonyl (C=O) groups is 2. The molecule has 0 aromatic heterocycles. The van der Waals surface area contributed by atoms with Gasteiger partial charge in [0, 0.05) is 0 Å². The van der Waals surface area contributed by atoms with Gasteiger partial charge >= 0.3 is 16.3 Å². The van der Waals surface area contributed by atoms with Crippen molar-refractivity contribution in [3.63, 3.8) is 0 Å². The molecule has 0 radical (unpaired) electrons. The van der Waals surface area contributed by atoms with E-state index in [9.17, 15) is 18.0 Å². The van der Waals surface area contributed by atoms with E-state index < -0.39 is 28.6 Å². The summed E-state index contributed by atoms with van der Waals surface area (Å²) >= 11 is 0. The summed E-state index contributed by atoms with van der Waals surface area (Å²) in [6, 6.07) is 0. The van der Waals surface area contributed by atoms with E-state index in [2.05, 4.69) is 0 Å². The van der Waals surface area contributed by atoms with Crippen LogP contribution in [0.4, 0.5) is 0 Å². The lowest BCUT2D eigenvalue weighted by molar-refractivity contribution is -0.148. The lowest BCUT2D eigenvalue weighted by Crippen LogP contribution is -2.32. The molecule has 0 aliphatic carbocycles. The fraction of sp³-hybridized carbons (Fsp3) is 0.333. The average Bonchev–Trinajstić information content (AvgIpc) is 1.80. The van der Waals surface area contributed by atoms with Crippen molar-refractivity contribution in [2.45, 2.75) is 0 Å². The monoisotopic (exact) mass is 183 g/mol. The molecule has 0 aromatic carbocycles. The molecule has 0 saturated heterocycles. The Hall–Kier alpha value is -0.990. The zero-order chi connectivity index (χ0) is 9.07. The summed E-state index contributed by atoms with van der Waals surface area (Å²) in [5.74, 6) is -3.11. The van der Waals surface area contributed by atoms with E-state index >= 15 is 0 Å². The van der Waals surface area contributed by atoms with Crippen molar-refractivity contribution >= 4 is 22.1 Å². The number of aliphatic carboxylic acids is 1. The summed E-state index contributed by atoms with van der Waals surface area (Å²) in [6.45, 7) is -0.950. The highest BCUT2D eigenvalue weighted by Gasteiger charge is 2.13. The fourth-order valence-electron chi connectivity index (χ4n) is 0.232. The normalized spacial score (nSPS) is 11.0. The van der Waals surface area contributed by atoms with Gasteiger partial charge in [-0.05, 0) is 0 Å². The Balaban J connectivity index is 3.92. The molecule has 0 aromatic rings. The Morgan fingerprint density at radius 2 is 1.82 bits per heavy atom. The van der Waals surface area contributed by atoms with Crippen molar-refractivity contribution in [1.29, 1.82) is 0 Å². The molecule has 0 spiro atoms. The lowest BCUT2D eigenvalue weighted by Gasteiger charge is -1.94.